The fourth-order valence-corrected chi connectivity index (χ4v) is 2.58. The molecule has 0 fully saturated rings. The molecule has 0 heterocycles. The SMILES string of the molecule is O=C(NN=C(/C=C/c1ccccc1)c1ccccc1)c1ccccc1Cl. The molecule has 0 unspecified atom stereocenters. The normalized spacial score (nSPS) is 11.5. The van der Waals surface area contributed by atoms with E-state index in [1.807, 2.05) is 72.8 Å². The van der Waals surface area contributed by atoms with Gasteiger partial charge in [-0.15, -0.1) is 0 Å². The van der Waals surface area contributed by atoms with Crippen LogP contribution in [0.15, 0.2) is 96.1 Å². The number of allylic oxidation sites excluding steroid dienone is 1. The minimum atomic E-state index is -0.350. The molecule has 3 nitrogen and oxygen atoms in total. The quantitative estimate of drug-likeness (QED) is 0.494. The first-order chi connectivity index (χ1) is 12.7. The summed E-state index contributed by atoms with van der Waals surface area (Å²) in [7, 11) is 0. The average Bonchev–Trinajstić information content (AvgIpc) is 2.69. The molecule has 3 aromatic carbocycles. The van der Waals surface area contributed by atoms with E-state index in [0.29, 0.717) is 16.3 Å². The van der Waals surface area contributed by atoms with E-state index in [1.165, 1.54) is 0 Å². The fraction of sp³-hybridized carbons (Fsp3) is 0. The average molecular weight is 361 g/mol. The van der Waals surface area contributed by atoms with E-state index in [9.17, 15) is 4.79 Å². The van der Waals surface area contributed by atoms with Gasteiger partial charge in [0.2, 0.25) is 0 Å². The Morgan fingerprint density at radius 1 is 0.846 bits per heavy atom. The summed E-state index contributed by atoms with van der Waals surface area (Å²) in [5, 5.41) is 4.69. The van der Waals surface area contributed by atoms with Crippen molar-refractivity contribution in [3.05, 3.63) is 113 Å². The van der Waals surface area contributed by atoms with Crippen molar-refractivity contribution in [2.75, 3.05) is 0 Å². The van der Waals surface area contributed by atoms with Crippen LogP contribution >= 0.6 is 11.6 Å². The molecule has 0 aliphatic rings. The zero-order valence-electron chi connectivity index (χ0n) is 14.0. The van der Waals surface area contributed by atoms with Crippen LogP contribution in [0.5, 0.6) is 0 Å². The van der Waals surface area contributed by atoms with Crippen LogP contribution in [0, 0.1) is 0 Å². The molecule has 0 aromatic heterocycles. The highest BCUT2D eigenvalue weighted by atomic mass is 35.5. The molecular weight excluding hydrogens is 344 g/mol. The van der Waals surface area contributed by atoms with Gasteiger partial charge in [-0.05, 0) is 23.8 Å². The minimum absolute atomic E-state index is 0.350. The molecule has 0 radical (unpaired) electrons. The number of halogens is 1. The number of hydrogen-bond donors (Lipinski definition) is 1. The molecule has 0 aliphatic heterocycles. The molecule has 1 N–H and O–H groups in total. The summed E-state index contributed by atoms with van der Waals surface area (Å²) in [6.45, 7) is 0. The van der Waals surface area contributed by atoms with E-state index in [-0.39, 0.29) is 5.91 Å². The van der Waals surface area contributed by atoms with Gasteiger partial charge in [0.1, 0.15) is 0 Å². The molecule has 4 heteroatoms. The van der Waals surface area contributed by atoms with Crippen molar-refractivity contribution in [2.24, 2.45) is 5.10 Å². The van der Waals surface area contributed by atoms with Crippen LogP contribution in [0.1, 0.15) is 21.5 Å². The van der Waals surface area contributed by atoms with Crippen LogP contribution in [-0.4, -0.2) is 11.6 Å². The van der Waals surface area contributed by atoms with Crippen molar-refractivity contribution in [1.82, 2.24) is 5.43 Å². The Labute approximate surface area is 157 Å². The Kier molecular flexibility index (Phi) is 5.96. The highest BCUT2D eigenvalue weighted by molar-refractivity contribution is 6.33. The van der Waals surface area contributed by atoms with Crippen LogP contribution in [0.25, 0.3) is 6.08 Å². The Morgan fingerprint density at radius 2 is 1.46 bits per heavy atom. The maximum Gasteiger partial charge on any atom is 0.272 e. The number of carbonyl (C=O) groups excluding carboxylic acids is 1. The van der Waals surface area contributed by atoms with Gasteiger partial charge in [-0.3, -0.25) is 4.79 Å². The van der Waals surface area contributed by atoms with Gasteiger partial charge in [0, 0.05) is 5.56 Å². The summed E-state index contributed by atoms with van der Waals surface area (Å²) in [5.41, 5.74) is 5.57. The van der Waals surface area contributed by atoms with Crippen LogP contribution in [0.2, 0.25) is 5.02 Å². The largest absolute Gasteiger partial charge is 0.272 e. The van der Waals surface area contributed by atoms with E-state index in [1.54, 1.807) is 24.3 Å². The van der Waals surface area contributed by atoms with Crippen molar-refractivity contribution in [3.8, 4) is 0 Å². The number of amides is 1. The second-order valence-corrected chi connectivity index (χ2v) is 5.94. The lowest BCUT2D eigenvalue weighted by atomic mass is 10.1. The molecule has 0 aliphatic carbocycles. The zero-order valence-corrected chi connectivity index (χ0v) is 14.7. The summed E-state index contributed by atoms with van der Waals surface area (Å²) >= 11 is 6.07. The molecule has 128 valence electrons. The lowest BCUT2D eigenvalue weighted by molar-refractivity contribution is 0.0955. The van der Waals surface area contributed by atoms with Gasteiger partial charge in [-0.2, -0.15) is 5.10 Å². The standard InChI is InChI=1S/C22H17ClN2O/c23-20-14-8-7-13-19(20)22(26)25-24-21(18-11-5-2-6-12-18)16-15-17-9-3-1-4-10-17/h1-16H,(H,25,26)/b16-15+,24-21?. The highest BCUT2D eigenvalue weighted by Crippen LogP contribution is 2.14. The number of hydrogen-bond acceptors (Lipinski definition) is 2. The maximum absolute atomic E-state index is 12.3. The molecule has 1 amide bonds. The molecule has 3 aromatic rings. The van der Waals surface area contributed by atoms with Gasteiger partial charge in [-0.25, -0.2) is 5.43 Å². The van der Waals surface area contributed by atoms with Crippen molar-refractivity contribution >= 4 is 29.3 Å². The number of carbonyl (C=O) groups is 1. The molecule has 3 rings (SSSR count). The number of benzene rings is 3. The predicted molar refractivity (Wildman–Crippen MR) is 107 cm³/mol. The first-order valence-electron chi connectivity index (χ1n) is 8.15. The van der Waals surface area contributed by atoms with Gasteiger partial charge in [0.05, 0.1) is 16.3 Å². The fourth-order valence-electron chi connectivity index (χ4n) is 2.36. The van der Waals surface area contributed by atoms with Crippen LogP contribution in [0.3, 0.4) is 0 Å². The lowest BCUT2D eigenvalue weighted by Gasteiger charge is -2.05. The van der Waals surface area contributed by atoms with Crippen LogP contribution in [-0.2, 0) is 0 Å². The van der Waals surface area contributed by atoms with Gasteiger partial charge >= 0.3 is 0 Å². The van der Waals surface area contributed by atoms with Gasteiger partial charge < -0.3 is 0 Å². The molecule has 26 heavy (non-hydrogen) atoms. The van der Waals surface area contributed by atoms with Gasteiger partial charge in [-0.1, -0.05) is 90.5 Å². The van der Waals surface area contributed by atoms with Gasteiger partial charge in [0.15, 0.2) is 0 Å². The third-order valence-corrected chi connectivity index (χ3v) is 4.03. The number of nitrogens with one attached hydrogen (secondary N) is 1. The molecule has 0 bridgehead atoms. The van der Waals surface area contributed by atoms with E-state index in [4.69, 9.17) is 11.6 Å². The second-order valence-electron chi connectivity index (χ2n) is 5.53. The monoisotopic (exact) mass is 360 g/mol. The third kappa shape index (κ3) is 4.68. The van der Waals surface area contributed by atoms with Crippen molar-refractivity contribution in [1.29, 1.82) is 0 Å². The maximum atomic E-state index is 12.3. The highest BCUT2D eigenvalue weighted by Gasteiger charge is 2.09. The Hall–Kier alpha value is -3.17. The number of rotatable bonds is 5. The molecule has 0 saturated heterocycles. The topological polar surface area (TPSA) is 41.5 Å². The van der Waals surface area contributed by atoms with Crippen LogP contribution in [0.4, 0.5) is 0 Å². The smallest absolute Gasteiger partial charge is 0.267 e. The van der Waals surface area contributed by atoms with Crippen molar-refractivity contribution in [3.63, 3.8) is 0 Å². The summed E-state index contributed by atoms with van der Waals surface area (Å²) in [6.07, 6.45) is 3.82. The van der Waals surface area contributed by atoms with E-state index in [2.05, 4.69) is 10.5 Å². The predicted octanol–water partition coefficient (Wildman–Crippen LogP) is 5.19. The Bertz CT molecular complexity index is 935. The summed E-state index contributed by atoms with van der Waals surface area (Å²) < 4.78 is 0. The first-order valence-corrected chi connectivity index (χ1v) is 8.53. The lowest BCUT2D eigenvalue weighted by Crippen LogP contribution is -2.20. The first kappa shape index (κ1) is 17.6. The second kappa shape index (κ2) is 8.79. The van der Waals surface area contributed by atoms with E-state index >= 15 is 0 Å². The van der Waals surface area contributed by atoms with E-state index < -0.39 is 0 Å². The minimum Gasteiger partial charge on any atom is -0.267 e. The summed E-state index contributed by atoms with van der Waals surface area (Å²) in [5.74, 6) is -0.350. The molecule has 0 spiro atoms. The summed E-state index contributed by atoms with van der Waals surface area (Å²) in [6, 6.07) is 26.5. The Morgan fingerprint density at radius 3 is 2.15 bits per heavy atom. The van der Waals surface area contributed by atoms with Crippen LogP contribution < -0.4 is 5.43 Å². The molecule has 0 saturated carbocycles. The van der Waals surface area contributed by atoms with Crippen molar-refractivity contribution in [2.45, 2.75) is 0 Å². The Balaban J connectivity index is 1.86. The summed E-state index contributed by atoms with van der Waals surface area (Å²) in [4.78, 5) is 12.3. The van der Waals surface area contributed by atoms with Crippen molar-refractivity contribution < 1.29 is 4.79 Å². The zero-order chi connectivity index (χ0) is 18.2. The molecule has 0 atom stereocenters. The number of hydrazone groups is 1. The third-order valence-electron chi connectivity index (χ3n) is 3.70. The van der Waals surface area contributed by atoms with Gasteiger partial charge in [0.25, 0.3) is 5.91 Å². The van der Waals surface area contributed by atoms with E-state index in [0.717, 1.165) is 11.1 Å². The number of nitrogens with zero attached hydrogens (tertiary/aromatic N) is 1. The molecular formula is C22H17ClN2O.